The Bertz CT molecular complexity index is 503. The SMILES string of the molecule is CC(C)(C)OC(=O)CC1CCC2CC=CC=C2NC(=O)C1N. The molecule has 2 aliphatic rings. The molecule has 0 aromatic rings. The minimum atomic E-state index is -0.680. The van der Waals surface area contributed by atoms with Gasteiger partial charge in [0.2, 0.25) is 5.91 Å². The minimum absolute atomic E-state index is 0.178. The van der Waals surface area contributed by atoms with Crippen molar-refractivity contribution in [1.82, 2.24) is 5.32 Å². The number of carbonyl (C=O) groups excluding carboxylic acids is 2. The molecule has 0 aromatic carbocycles. The fourth-order valence-electron chi connectivity index (χ4n) is 2.96. The first-order valence-electron chi connectivity index (χ1n) is 7.91. The molecule has 3 unspecified atom stereocenters. The Morgan fingerprint density at radius 2 is 2.14 bits per heavy atom. The highest BCUT2D eigenvalue weighted by Gasteiger charge is 2.33. The molecule has 0 bridgehead atoms. The average molecular weight is 306 g/mol. The number of amides is 1. The van der Waals surface area contributed by atoms with Crippen LogP contribution in [-0.4, -0.2) is 23.5 Å². The van der Waals surface area contributed by atoms with Gasteiger partial charge in [-0.25, -0.2) is 0 Å². The predicted molar refractivity (Wildman–Crippen MR) is 84.6 cm³/mol. The predicted octanol–water partition coefficient (Wildman–Crippen LogP) is 2.03. The molecule has 3 N–H and O–H groups in total. The fraction of sp³-hybridized carbons (Fsp3) is 0.647. The smallest absolute Gasteiger partial charge is 0.306 e. The number of nitrogens with two attached hydrogens (primary N) is 1. The monoisotopic (exact) mass is 306 g/mol. The van der Waals surface area contributed by atoms with E-state index in [0.29, 0.717) is 5.92 Å². The summed E-state index contributed by atoms with van der Waals surface area (Å²) in [6, 6.07) is -0.680. The topological polar surface area (TPSA) is 81.4 Å². The van der Waals surface area contributed by atoms with Crippen LogP contribution >= 0.6 is 0 Å². The zero-order valence-corrected chi connectivity index (χ0v) is 13.6. The van der Waals surface area contributed by atoms with Crippen molar-refractivity contribution in [1.29, 1.82) is 0 Å². The van der Waals surface area contributed by atoms with Gasteiger partial charge >= 0.3 is 5.97 Å². The van der Waals surface area contributed by atoms with Crippen molar-refractivity contribution in [3.05, 3.63) is 23.9 Å². The molecule has 1 amide bonds. The summed E-state index contributed by atoms with van der Waals surface area (Å²) in [5, 5.41) is 2.92. The summed E-state index contributed by atoms with van der Waals surface area (Å²) in [5.41, 5.74) is 6.49. The summed E-state index contributed by atoms with van der Waals surface area (Å²) in [4.78, 5) is 24.3. The zero-order valence-electron chi connectivity index (χ0n) is 13.6. The Morgan fingerprint density at radius 1 is 1.41 bits per heavy atom. The molecule has 5 nitrogen and oxygen atoms in total. The van der Waals surface area contributed by atoms with E-state index in [0.717, 1.165) is 25.0 Å². The molecule has 0 radical (unpaired) electrons. The lowest BCUT2D eigenvalue weighted by Gasteiger charge is -2.32. The molecule has 0 aromatic heterocycles. The van der Waals surface area contributed by atoms with E-state index in [2.05, 4.69) is 11.4 Å². The summed E-state index contributed by atoms with van der Waals surface area (Å²) in [6.07, 6.45) is 8.77. The van der Waals surface area contributed by atoms with Crippen LogP contribution in [0.1, 0.15) is 46.5 Å². The Labute approximate surface area is 132 Å². The van der Waals surface area contributed by atoms with Gasteiger partial charge in [-0.15, -0.1) is 0 Å². The molecular weight excluding hydrogens is 280 g/mol. The standard InChI is InChI=1S/C17H26N2O3/c1-17(2,3)22-14(20)10-12-9-8-11-6-4-5-7-13(11)19-16(21)15(12)18/h4-5,7,11-12,15H,6,8-10,18H2,1-3H3,(H,19,21). The molecule has 1 aliphatic heterocycles. The minimum Gasteiger partial charge on any atom is -0.460 e. The van der Waals surface area contributed by atoms with Gasteiger partial charge < -0.3 is 15.8 Å². The van der Waals surface area contributed by atoms with Gasteiger partial charge in [0.05, 0.1) is 12.5 Å². The molecule has 122 valence electrons. The van der Waals surface area contributed by atoms with E-state index in [4.69, 9.17) is 10.5 Å². The number of hydrogen-bond donors (Lipinski definition) is 2. The lowest BCUT2D eigenvalue weighted by molar-refractivity contribution is -0.156. The number of esters is 1. The summed E-state index contributed by atoms with van der Waals surface area (Å²) >= 11 is 0. The number of carbonyl (C=O) groups is 2. The third kappa shape index (κ3) is 4.44. The Kier molecular flexibility index (Phi) is 5.06. The van der Waals surface area contributed by atoms with E-state index in [-0.39, 0.29) is 24.2 Å². The zero-order chi connectivity index (χ0) is 16.3. The summed E-state index contributed by atoms with van der Waals surface area (Å²) in [6.45, 7) is 5.50. The van der Waals surface area contributed by atoms with Crippen molar-refractivity contribution in [2.24, 2.45) is 17.6 Å². The lowest BCUT2D eigenvalue weighted by atomic mass is 9.82. The van der Waals surface area contributed by atoms with Crippen molar-refractivity contribution in [3.63, 3.8) is 0 Å². The molecule has 1 fully saturated rings. The molecule has 3 atom stereocenters. The van der Waals surface area contributed by atoms with Crippen molar-refractivity contribution >= 4 is 11.9 Å². The number of hydrogen-bond acceptors (Lipinski definition) is 4. The molecule has 22 heavy (non-hydrogen) atoms. The maximum Gasteiger partial charge on any atom is 0.306 e. The molecule has 1 aliphatic carbocycles. The highest BCUT2D eigenvalue weighted by atomic mass is 16.6. The number of nitrogens with one attached hydrogen (secondary N) is 1. The molecule has 1 heterocycles. The maximum absolute atomic E-state index is 12.2. The Balaban J connectivity index is 2.03. The van der Waals surface area contributed by atoms with Crippen molar-refractivity contribution < 1.29 is 14.3 Å². The second kappa shape index (κ2) is 6.65. The van der Waals surface area contributed by atoms with Crippen LogP contribution in [0.3, 0.4) is 0 Å². The van der Waals surface area contributed by atoms with Gasteiger partial charge in [-0.3, -0.25) is 9.59 Å². The fourth-order valence-corrected chi connectivity index (χ4v) is 2.96. The molecule has 1 saturated heterocycles. The number of fused-ring (bicyclic) bond motifs is 1. The van der Waals surface area contributed by atoms with Gasteiger partial charge in [0.25, 0.3) is 0 Å². The average Bonchev–Trinajstić information content (AvgIpc) is 2.40. The summed E-state index contributed by atoms with van der Waals surface area (Å²) in [7, 11) is 0. The molecular formula is C17H26N2O3. The van der Waals surface area contributed by atoms with Crippen LogP contribution in [0.4, 0.5) is 0 Å². The number of rotatable bonds is 2. The van der Waals surface area contributed by atoms with E-state index < -0.39 is 11.6 Å². The Hall–Kier alpha value is -1.62. The largest absolute Gasteiger partial charge is 0.460 e. The van der Waals surface area contributed by atoms with Crippen LogP contribution < -0.4 is 11.1 Å². The third-order valence-electron chi connectivity index (χ3n) is 4.09. The molecule has 0 saturated carbocycles. The third-order valence-corrected chi connectivity index (χ3v) is 4.09. The first-order chi connectivity index (χ1) is 10.3. The summed E-state index contributed by atoms with van der Waals surface area (Å²) in [5.74, 6) is -0.370. The molecule has 0 spiro atoms. The second-order valence-corrected chi connectivity index (χ2v) is 7.13. The van der Waals surface area contributed by atoms with Crippen LogP contribution in [0.15, 0.2) is 23.9 Å². The first-order valence-corrected chi connectivity index (χ1v) is 7.91. The summed E-state index contributed by atoms with van der Waals surface area (Å²) < 4.78 is 5.35. The molecule has 2 rings (SSSR count). The van der Waals surface area contributed by atoms with Crippen molar-refractivity contribution in [2.45, 2.75) is 58.1 Å². The Morgan fingerprint density at radius 3 is 2.82 bits per heavy atom. The van der Waals surface area contributed by atoms with Crippen LogP contribution in [-0.2, 0) is 14.3 Å². The second-order valence-electron chi connectivity index (χ2n) is 7.13. The first kappa shape index (κ1) is 16.7. The van der Waals surface area contributed by atoms with E-state index in [1.54, 1.807) is 0 Å². The van der Waals surface area contributed by atoms with Gasteiger partial charge in [-0.2, -0.15) is 0 Å². The van der Waals surface area contributed by atoms with Gasteiger partial charge in [-0.1, -0.05) is 12.2 Å². The molecule has 5 heteroatoms. The van der Waals surface area contributed by atoms with Gasteiger partial charge in [0.15, 0.2) is 0 Å². The van der Waals surface area contributed by atoms with Crippen LogP contribution in [0.2, 0.25) is 0 Å². The van der Waals surface area contributed by atoms with Crippen LogP contribution in [0.5, 0.6) is 0 Å². The quantitative estimate of drug-likeness (QED) is 0.765. The van der Waals surface area contributed by atoms with E-state index >= 15 is 0 Å². The highest BCUT2D eigenvalue weighted by molar-refractivity contribution is 5.84. The maximum atomic E-state index is 12.2. The van der Waals surface area contributed by atoms with E-state index in [1.807, 2.05) is 32.9 Å². The number of allylic oxidation sites excluding steroid dienone is 4. The van der Waals surface area contributed by atoms with Crippen LogP contribution in [0, 0.1) is 11.8 Å². The van der Waals surface area contributed by atoms with Crippen molar-refractivity contribution in [3.8, 4) is 0 Å². The number of ether oxygens (including phenoxy) is 1. The van der Waals surface area contributed by atoms with Gasteiger partial charge in [0, 0.05) is 11.6 Å². The lowest BCUT2D eigenvalue weighted by Crippen LogP contribution is -2.48. The van der Waals surface area contributed by atoms with Crippen LogP contribution in [0.25, 0.3) is 0 Å². The highest BCUT2D eigenvalue weighted by Crippen LogP contribution is 2.30. The van der Waals surface area contributed by atoms with Gasteiger partial charge in [0.1, 0.15) is 5.60 Å². The van der Waals surface area contributed by atoms with E-state index in [9.17, 15) is 9.59 Å². The normalized spacial score (nSPS) is 28.8. The van der Waals surface area contributed by atoms with Crippen molar-refractivity contribution in [2.75, 3.05) is 0 Å². The van der Waals surface area contributed by atoms with Gasteiger partial charge in [-0.05, 0) is 52.0 Å². The van der Waals surface area contributed by atoms with E-state index in [1.165, 1.54) is 0 Å².